The topological polar surface area (TPSA) is 116 Å². The van der Waals surface area contributed by atoms with Gasteiger partial charge in [0, 0.05) is 18.2 Å². The summed E-state index contributed by atoms with van der Waals surface area (Å²) < 4.78 is 24.4. The van der Waals surface area contributed by atoms with Gasteiger partial charge in [0.2, 0.25) is 11.8 Å². The summed E-state index contributed by atoms with van der Waals surface area (Å²) >= 11 is 0. The standard InChI is InChI=1S/C21H23N3O4S/c1-15(2)21(26)24-19-9-7-17(8-10-19)12-23-20(25)14-29(27,28)13-18-5-3-16(11-22)4-6-18/h3-10,15H,12-14H2,1-2H3,(H,23,25)(H,24,26). The minimum Gasteiger partial charge on any atom is -0.351 e. The molecule has 2 N–H and O–H groups in total. The highest BCUT2D eigenvalue weighted by molar-refractivity contribution is 7.91. The lowest BCUT2D eigenvalue weighted by atomic mass is 10.1. The van der Waals surface area contributed by atoms with Gasteiger partial charge in [-0.25, -0.2) is 8.42 Å². The number of rotatable bonds is 8. The van der Waals surface area contributed by atoms with Crippen LogP contribution in [0.15, 0.2) is 48.5 Å². The van der Waals surface area contributed by atoms with E-state index in [0.29, 0.717) is 16.8 Å². The molecule has 0 unspecified atom stereocenters. The lowest BCUT2D eigenvalue weighted by Crippen LogP contribution is -2.30. The van der Waals surface area contributed by atoms with E-state index in [9.17, 15) is 18.0 Å². The van der Waals surface area contributed by atoms with Gasteiger partial charge in [-0.15, -0.1) is 0 Å². The first kappa shape index (κ1) is 22.1. The van der Waals surface area contributed by atoms with Crippen LogP contribution in [-0.4, -0.2) is 26.0 Å². The molecule has 0 aromatic heterocycles. The second-order valence-corrected chi connectivity index (χ2v) is 9.02. The summed E-state index contributed by atoms with van der Waals surface area (Å²) in [6.07, 6.45) is 0. The Hall–Kier alpha value is -3.18. The van der Waals surface area contributed by atoms with Crippen LogP contribution in [0.25, 0.3) is 0 Å². The molecular weight excluding hydrogens is 390 g/mol. The number of carbonyl (C=O) groups excluding carboxylic acids is 2. The quantitative estimate of drug-likeness (QED) is 0.689. The van der Waals surface area contributed by atoms with Crippen molar-refractivity contribution in [2.45, 2.75) is 26.1 Å². The van der Waals surface area contributed by atoms with Gasteiger partial charge in [-0.3, -0.25) is 9.59 Å². The normalized spacial score (nSPS) is 11.0. The van der Waals surface area contributed by atoms with E-state index >= 15 is 0 Å². The fraction of sp³-hybridized carbons (Fsp3) is 0.286. The van der Waals surface area contributed by atoms with Crippen LogP contribution in [0.5, 0.6) is 0 Å². The number of hydrogen-bond acceptors (Lipinski definition) is 5. The molecule has 0 heterocycles. The van der Waals surface area contributed by atoms with E-state index in [-0.39, 0.29) is 24.1 Å². The van der Waals surface area contributed by atoms with Crippen LogP contribution in [0.1, 0.15) is 30.5 Å². The number of hydrogen-bond donors (Lipinski definition) is 2. The van der Waals surface area contributed by atoms with Crippen LogP contribution in [0, 0.1) is 17.2 Å². The highest BCUT2D eigenvalue weighted by Crippen LogP contribution is 2.11. The van der Waals surface area contributed by atoms with Gasteiger partial charge in [-0.05, 0) is 35.4 Å². The lowest BCUT2D eigenvalue weighted by Gasteiger charge is -2.09. The van der Waals surface area contributed by atoms with E-state index in [1.54, 1.807) is 50.2 Å². The van der Waals surface area contributed by atoms with E-state index in [1.807, 2.05) is 6.07 Å². The van der Waals surface area contributed by atoms with E-state index < -0.39 is 21.5 Å². The number of nitrogens with zero attached hydrogens (tertiary/aromatic N) is 1. The van der Waals surface area contributed by atoms with Gasteiger partial charge in [0.25, 0.3) is 0 Å². The van der Waals surface area contributed by atoms with Gasteiger partial charge in [0.15, 0.2) is 9.84 Å². The molecule has 0 aliphatic carbocycles. The van der Waals surface area contributed by atoms with Crippen molar-refractivity contribution in [1.29, 1.82) is 5.26 Å². The molecule has 0 aliphatic heterocycles. The van der Waals surface area contributed by atoms with Gasteiger partial charge >= 0.3 is 0 Å². The third-order valence-electron chi connectivity index (χ3n) is 4.06. The highest BCUT2D eigenvalue weighted by Gasteiger charge is 2.17. The molecule has 0 aliphatic rings. The Morgan fingerprint density at radius 2 is 1.59 bits per heavy atom. The largest absolute Gasteiger partial charge is 0.351 e. The Balaban J connectivity index is 1.85. The van der Waals surface area contributed by atoms with Crippen molar-refractivity contribution in [2.24, 2.45) is 5.92 Å². The van der Waals surface area contributed by atoms with Crippen LogP contribution < -0.4 is 10.6 Å². The van der Waals surface area contributed by atoms with Crippen molar-refractivity contribution in [2.75, 3.05) is 11.1 Å². The third kappa shape index (κ3) is 7.39. The van der Waals surface area contributed by atoms with Crippen molar-refractivity contribution < 1.29 is 18.0 Å². The lowest BCUT2D eigenvalue weighted by molar-refractivity contribution is -0.119. The predicted molar refractivity (Wildman–Crippen MR) is 110 cm³/mol. The molecule has 8 heteroatoms. The highest BCUT2D eigenvalue weighted by atomic mass is 32.2. The van der Waals surface area contributed by atoms with Crippen molar-refractivity contribution in [3.63, 3.8) is 0 Å². The summed E-state index contributed by atoms with van der Waals surface area (Å²) in [4.78, 5) is 23.7. The smallest absolute Gasteiger partial charge is 0.235 e. The minimum atomic E-state index is -3.63. The Morgan fingerprint density at radius 1 is 1.00 bits per heavy atom. The van der Waals surface area contributed by atoms with Crippen molar-refractivity contribution >= 4 is 27.3 Å². The summed E-state index contributed by atoms with van der Waals surface area (Å²) in [6.45, 7) is 3.78. The summed E-state index contributed by atoms with van der Waals surface area (Å²) in [5, 5.41) is 14.1. The number of sulfone groups is 1. The number of amides is 2. The molecule has 7 nitrogen and oxygen atoms in total. The first-order chi connectivity index (χ1) is 13.7. The first-order valence-electron chi connectivity index (χ1n) is 9.04. The van der Waals surface area contributed by atoms with E-state index in [0.717, 1.165) is 5.56 Å². The molecule has 0 spiro atoms. The third-order valence-corrected chi connectivity index (χ3v) is 5.53. The fourth-order valence-corrected chi connectivity index (χ4v) is 3.73. The molecule has 29 heavy (non-hydrogen) atoms. The maximum Gasteiger partial charge on any atom is 0.235 e. The molecule has 0 bridgehead atoms. The Morgan fingerprint density at radius 3 is 2.14 bits per heavy atom. The molecule has 0 saturated carbocycles. The van der Waals surface area contributed by atoms with Gasteiger partial charge in [-0.2, -0.15) is 5.26 Å². The zero-order valence-electron chi connectivity index (χ0n) is 16.3. The van der Waals surface area contributed by atoms with Crippen LogP contribution in [0.4, 0.5) is 5.69 Å². The second-order valence-electron chi connectivity index (χ2n) is 6.96. The summed E-state index contributed by atoms with van der Waals surface area (Å²) in [5.74, 6) is -1.68. The maximum atomic E-state index is 12.2. The molecule has 2 amide bonds. The monoisotopic (exact) mass is 413 g/mol. The molecule has 0 atom stereocenters. The average Bonchev–Trinajstić information content (AvgIpc) is 2.67. The molecule has 0 saturated heterocycles. The fourth-order valence-electron chi connectivity index (χ4n) is 2.42. The zero-order chi connectivity index (χ0) is 21.4. The van der Waals surface area contributed by atoms with Gasteiger partial charge in [0.05, 0.1) is 17.4 Å². The maximum absolute atomic E-state index is 12.2. The van der Waals surface area contributed by atoms with Crippen molar-refractivity contribution in [3.8, 4) is 6.07 Å². The number of anilines is 1. The Bertz CT molecular complexity index is 1010. The molecule has 2 aromatic carbocycles. The average molecular weight is 413 g/mol. The van der Waals surface area contributed by atoms with Crippen LogP contribution in [0.3, 0.4) is 0 Å². The van der Waals surface area contributed by atoms with Crippen LogP contribution >= 0.6 is 0 Å². The Labute approximate surface area is 170 Å². The van der Waals surface area contributed by atoms with E-state index in [1.165, 1.54) is 12.1 Å². The van der Waals surface area contributed by atoms with Crippen molar-refractivity contribution in [1.82, 2.24) is 5.32 Å². The van der Waals surface area contributed by atoms with Crippen LogP contribution in [0.2, 0.25) is 0 Å². The molecule has 2 rings (SSSR count). The number of carbonyl (C=O) groups is 2. The summed E-state index contributed by atoms with van der Waals surface area (Å²) in [7, 11) is -3.63. The van der Waals surface area contributed by atoms with Crippen LogP contribution in [-0.2, 0) is 31.7 Å². The molecular formula is C21H23N3O4S. The number of benzene rings is 2. The SMILES string of the molecule is CC(C)C(=O)Nc1ccc(CNC(=O)CS(=O)(=O)Cc2ccc(C#N)cc2)cc1. The molecule has 152 valence electrons. The van der Waals surface area contributed by atoms with E-state index in [2.05, 4.69) is 10.6 Å². The molecule has 0 radical (unpaired) electrons. The van der Waals surface area contributed by atoms with Gasteiger partial charge in [0.1, 0.15) is 5.75 Å². The Kier molecular flexibility index (Phi) is 7.51. The zero-order valence-corrected chi connectivity index (χ0v) is 17.1. The minimum absolute atomic E-state index is 0.0847. The van der Waals surface area contributed by atoms with Crippen molar-refractivity contribution in [3.05, 3.63) is 65.2 Å². The molecule has 2 aromatic rings. The number of nitriles is 1. The predicted octanol–water partition coefficient (Wildman–Crippen LogP) is 2.38. The van der Waals surface area contributed by atoms with Gasteiger partial charge < -0.3 is 10.6 Å². The van der Waals surface area contributed by atoms with E-state index in [4.69, 9.17) is 5.26 Å². The molecule has 0 fully saturated rings. The first-order valence-corrected chi connectivity index (χ1v) is 10.9. The summed E-state index contributed by atoms with van der Waals surface area (Å²) in [5.41, 5.74) is 2.41. The second kappa shape index (κ2) is 9.85. The van der Waals surface area contributed by atoms with Gasteiger partial charge in [-0.1, -0.05) is 38.1 Å². The summed E-state index contributed by atoms with van der Waals surface area (Å²) in [6, 6.07) is 15.1. The number of nitrogens with one attached hydrogen (secondary N) is 2.